The van der Waals surface area contributed by atoms with Gasteiger partial charge in [-0.2, -0.15) is 0 Å². The maximum atomic E-state index is 12.3. The number of aromatic carboxylic acids is 1. The molecule has 1 atom stereocenters. The summed E-state index contributed by atoms with van der Waals surface area (Å²) in [4.78, 5) is 16.7. The number of carbonyl (C=O) groups is 1. The summed E-state index contributed by atoms with van der Waals surface area (Å²) in [6.45, 7) is 4.21. The van der Waals surface area contributed by atoms with Crippen molar-refractivity contribution in [2.24, 2.45) is 0 Å². The normalized spacial score (nSPS) is 18.5. The molecule has 2 heterocycles. The highest BCUT2D eigenvalue weighted by Crippen LogP contribution is 2.39. The van der Waals surface area contributed by atoms with Crippen LogP contribution in [-0.4, -0.2) is 26.0 Å². The van der Waals surface area contributed by atoms with Crippen LogP contribution >= 0.6 is 0 Å². The monoisotopic (exact) mass is 339 g/mol. The lowest BCUT2D eigenvalue weighted by molar-refractivity contribution is 0.0697. The Kier molecular flexibility index (Phi) is 4.02. The topological polar surface area (TPSA) is 67.3 Å². The van der Waals surface area contributed by atoms with E-state index in [1.807, 2.05) is 12.1 Å². The summed E-state index contributed by atoms with van der Waals surface area (Å²) in [6, 6.07) is 7.01. The Hall–Kier alpha value is -2.45. The van der Waals surface area contributed by atoms with Gasteiger partial charge in [-0.25, -0.2) is 4.79 Å². The Bertz CT molecular complexity index is 909. The number of pyridine rings is 1. The maximum absolute atomic E-state index is 12.3. The fraction of sp³-hybridized carbons (Fsp3) is 0.263. The molecule has 0 amide bonds. The number of aromatic nitrogens is 1. The van der Waals surface area contributed by atoms with Gasteiger partial charge in [-0.15, -0.1) is 6.42 Å². The zero-order chi connectivity index (χ0) is 17.5. The minimum absolute atomic E-state index is 0.0229. The Morgan fingerprint density at radius 2 is 2.12 bits per heavy atom. The zero-order valence-electron chi connectivity index (χ0n) is 13.5. The molecule has 2 aromatic rings. The van der Waals surface area contributed by atoms with Crippen molar-refractivity contribution in [1.82, 2.24) is 4.98 Å². The molecule has 1 aromatic carbocycles. The van der Waals surface area contributed by atoms with Crippen LogP contribution in [0.3, 0.4) is 0 Å². The van der Waals surface area contributed by atoms with Crippen LogP contribution in [0, 0.1) is 12.3 Å². The van der Waals surface area contributed by atoms with Crippen LogP contribution in [0.25, 0.3) is 11.3 Å². The zero-order valence-corrected chi connectivity index (χ0v) is 14.3. The van der Waals surface area contributed by atoms with Crippen molar-refractivity contribution in [1.29, 1.82) is 0 Å². The molecule has 0 bridgehead atoms. The van der Waals surface area contributed by atoms with E-state index in [1.54, 1.807) is 6.07 Å². The van der Waals surface area contributed by atoms with E-state index in [4.69, 9.17) is 6.42 Å². The van der Waals surface area contributed by atoms with Gasteiger partial charge in [0.25, 0.3) is 0 Å². The number of hydrogen-bond donors (Lipinski definition) is 1. The smallest absolute Gasteiger partial charge is 0.339 e. The number of terminal acetylenes is 1. The average molecular weight is 339 g/mol. The SMILES string of the molecule is C#Cc1ccnc(-c2ccc3c(c2)C(C)(C)CCS3=O)c1C(=O)O. The fourth-order valence-electron chi connectivity index (χ4n) is 3.01. The number of rotatable bonds is 2. The van der Waals surface area contributed by atoms with E-state index in [1.165, 1.54) is 12.3 Å². The number of fused-ring (bicyclic) bond motifs is 1. The third-order valence-electron chi connectivity index (χ3n) is 4.46. The van der Waals surface area contributed by atoms with Crippen LogP contribution in [-0.2, 0) is 16.2 Å². The van der Waals surface area contributed by atoms with Gasteiger partial charge in [0.1, 0.15) is 5.56 Å². The lowest BCUT2D eigenvalue weighted by Gasteiger charge is -2.32. The number of hydrogen-bond acceptors (Lipinski definition) is 3. The van der Waals surface area contributed by atoms with Crippen molar-refractivity contribution in [3.8, 4) is 23.6 Å². The van der Waals surface area contributed by atoms with Gasteiger partial charge in [0.05, 0.1) is 16.5 Å². The highest BCUT2D eigenvalue weighted by atomic mass is 32.2. The minimum atomic E-state index is -1.10. The predicted octanol–water partition coefficient (Wildman–Crippen LogP) is 3.22. The molecule has 0 saturated heterocycles. The molecule has 0 spiro atoms. The van der Waals surface area contributed by atoms with Crippen molar-refractivity contribution in [3.05, 3.63) is 47.2 Å². The van der Waals surface area contributed by atoms with Gasteiger partial charge in [-0.05, 0) is 35.6 Å². The Morgan fingerprint density at radius 3 is 2.79 bits per heavy atom. The first-order valence-corrected chi connectivity index (χ1v) is 8.89. The van der Waals surface area contributed by atoms with Gasteiger partial charge in [-0.3, -0.25) is 9.19 Å². The van der Waals surface area contributed by atoms with E-state index >= 15 is 0 Å². The van der Waals surface area contributed by atoms with Gasteiger partial charge < -0.3 is 5.11 Å². The van der Waals surface area contributed by atoms with Crippen molar-refractivity contribution in [2.75, 3.05) is 5.75 Å². The summed E-state index contributed by atoms with van der Waals surface area (Å²) in [7, 11) is -1.02. The first-order chi connectivity index (χ1) is 11.3. The molecule has 3 rings (SSSR count). The maximum Gasteiger partial charge on any atom is 0.339 e. The molecule has 1 aliphatic heterocycles. The molecule has 0 saturated carbocycles. The van der Waals surface area contributed by atoms with E-state index in [9.17, 15) is 14.1 Å². The van der Waals surface area contributed by atoms with Gasteiger partial charge in [0, 0.05) is 28.0 Å². The van der Waals surface area contributed by atoms with Crippen LogP contribution in [0.4, 0.5) is 0 Å². The highest BCUT2D eigenvalue weighted by Gasteiger charge is 2.31. The number of carboxylic acids is 1. The predicted molar refractivity (Wildman–Crippen MR) is 93.5 cm³/mol. The molecule has 1 aromatic heterocycles. The van der Waals surface area contributed by atoms with Crippen LogP contribution in [0.2, 0.25) is 0 Å². The molecule has 4 nitrogen and oxygen atoms in total. The second-order valence-electron chi connectivity index (χ2n) is 6.43. The molecule has 24 heavy (non-hydrogen) atoms. The molecule has 1 unspecified atom stereocenters. The molecule has 1 N–H and O–H groups in total. The Morgan fingerprint density at radius 1 is 1.38 bits per heavy atom. The van der Waals surface area contributed by atoms with Crippen molar-refractivity contribution < 1.29 is 14.1 Å². The van der Waals surface area contributed by atoms with Crippen molar-refractivity contribution >= 4 is 16.8 Å². The second-order valence-corrected chi connectivity index (χ2v) is 7.97. The van der Waals surface area contributed by atoms with E-state index in [-0.39, 0.29) is 11.0 Å². The molecule has 0 fully saturated rings. The van der Waals surface area contributed by atoms with Gasteiger partial charge in [0.15, 0.2) is 0 Å². The number of benzene rings is 1. The van der Waals surface area contributed by atoms with Crippen molar-refractivity contribution in [2.45, 2.75) is 30.6 Å². The summed E-state index contributed by atoms with van der Waals surface area (Å²) in [6.07, 6.45) is 7.76. The lowest BCUT2D eigenvalue weighted by Crippen LogP contribution is -2.27. The van der Waals surface area contributed by atoms with Gasteiger partial charge >= 0.3 is 5.97 Å². The van der Waals surface area contributed by atoms with E-state index in [0.717, 1.165) is 16.9 Å². The highest BCUT2D eigenvalue weighted by molar-refractivity contribution is 7.85. The lowest BCUT2D eigenvalue weighted by atomic mass is 9.80. The standard InChI is InChI=1S/C19H17NO3S/c1-4-12-7-9-20-17(16(12)18(21)22)13-5-6-15-14(11-13)19(2,3)8-10-24(15)23/h1,5-7,9,11H,8,10H2,2-3H3,(H,21,22). The Labute approximate surface area is 143 Å². The van der Waals surface area contributed by atoms with E-state index < -0.39 is 16.8 Å². The van der Waals surface area contributed by atoms with Crippen LogP contribution in [0.5, 0.6) is 0 Å². The number of carboxylic acid groups (broad SMARTS) is 1. The summed E-state index contributed by atoms with van der Waals surface area (Å²) in [5, 5.41) is 9.54. The largest absolute Gasteiger partial charge is 0.478 e. The first-order valence-electron chi connectivity index (χ1n) is 7.57. The molecule has 0 aliphatic carbocycles. The quantitative estimate of drug-likeness (QED) is 0.853. The second kappa shape index (κ2) is 5.88. The third kappa shape index (κ3) is 2.63. The van der Waals surface area contributed by atoms with Gasteiger partial charge in [-0.1, -0.05) is 25.8 Å². The minimum Gasteiger partial charge on any atom is -0.478 e. The summed E-state index contributed by atoms with van der Waals surface area (Å²) in [5.41, 5.74) is 2.20. The molecular formula is C19H17NO3S. The van der Waals surface area contributed by atoms with Crippen LogP contribution in [0.1, 0.15) is 41.8 Å². The summed E-state index contributed by atoms with van der Waals surface area (Å²) >= 11 is 0. The molecule has 122 valence electrons. The summed E-state index contributed by atoms with van der Waals surface area (Å²) < 4.78 is 12.3. The summed E-state index contributed by atoms with van der Waals surface area (Å²) in [5.74, 6) is 1.94. The molecule has 0 radical (unpaired) electrons. The fourth-order valence-corrected chi connectivity index (χ4v) is 4.73. The molecular weight excluding hydrogens is 322 g/mol. The first kappa shape index (κ1) is 16.4. The van der Waals surface area contributed by atoms with Gasteiger partial charge in [0.2, 0.25) is 0 Å². The van der Waals surface area contributed by atoms with Crippen LogP contribution < -0.4 is 0 Å². The molecule has 5 heteroatoms. The average Bonchev–Trinajstić information content (AvgIpc) is 2.57. The Balaban J connectivity index is 2.25. The van der Waals surface area contributed by atoms with E-state index in [0.29, 0.717) is 22.6 Å². The van der Waals surface area contributed by atoms with Crippen molar-refractivity contribution in [3.63, 3.8) is 0 Å². The van der Waals surface area contributed by atoms with E-state index in [2.05, 4.69) is 24.8 Å². The molecule has 1 aliphatic rings. The van der Waals surface area contributed by atoms with Crippen LogP contribution in [0.15, 0.2) is 35.4 Å². The third-order valence-corrected chi connectivity index (χ3v) is 5.88. The number of nitrogens with zero attached hydrogens (tertiary/aromatic N) is 1.